The lowest BCUT2D eigenvalue weighted by molar-refractivity contribution is -0.135. The third-order valence-corrected chi connectivity index (χ3v) is 3.96. The lowest BCUT2D eigenvalue weighted by Crippen LogP contribution is -2.49. The fourth-order valence-corrected chi connectivity index (χ4v) is 2.79. The molecule has 0 spiro atoms. The average molecular weight is 311 g/mol. The lowest BCUT2D eigenvalue weighted by atomic mass is 10.0. The SMILES string of the molecule is O=C(CCOc1ccccc1)N1CCNCC1c1cccnc1. The molecule has 23 heavy (non-hydrogen) atoms. The predicted octanol–water partition coefficient (Wildman–Crippen LogP) is 2.02. The Hall–Kier alpha value is -2.40. The minimum absolute atomic E-state index is 0.0432. The number of piperazine rings is 1. The van der Waals surface area contributed by atoms with Crippen molar-refractivity contribution in [1.82, 2.24) is 15.2 Å². The maximum Gasteiger partial charge on any atom is 0.226 e. The second-order valence-corrected chi connectivity index (χ2v) is 5.50. The van der Waals surface area contributed by atoms with Gasteiger partial charge in [0.05, 0.1) is 19.1 Å². The van der Waals surface area contributed by atoms with Crippen LogP contribution in [0.25, 0.3) is 0 Å². The van der Waals surface area contributed by atoms with Gasteiger partial charge in [0, 0.05) is 32.0 Å². The molecule has 1 amide bonds. The number of para-hydroxylation sites is 1. The number of pyridine rings is 1. The quantitative estimate of drug-likeness (QED) is 0.918. The first kappa shape index (κ1) is 15.5. The van der Waals surface area contributed by atoms with Crippen LogP contribution in [0.5, 0.6) is 5.75 Å². The van der Waals surface area contributed by atoms with E-state index in [-0.39, 0.29) is 11.9 Å². The summed E-state index contributed by atoms with van der Waals surface area (Å²) in [4.78, 5) is 18.7. The van der Waals surface area contributed by atoms with E-state index in [2.05, 4.69) is 10.3 Å². The number of hydrogen-bond donors (Lipinski definition) is 1. The van der Waals surface area contributed by atoms with Gasteiger partial charge in [0.1, 0.15) is 5.75 Å². The molecule has 1 unspecified atom stereocenters. The Morgan fingerprint density at radius 2 is 2.13 bits per heavy atom. The molecule has 0 saturated carbocycles. The summed E-state index contributed by atoms with van der Waals surface area (Å²) in [7, 11) is 0. The van der Waals surface area contributed by atoms with E-state index in [1.807, 2.05) is 53.6 Å². The molecule has 3 rings (SSSR count). The number of ether oxygens (including phenoxy) is 1. The van der Waals surface area contributed by atoms with Gasteiger partial charge in [0.2, 0.25) is 5.91 Å². The molecule has 1 saturated heterocycles. The third kappa shape index (κ3) is 4.07. The van der Waals surface area contributed by atoms with Crippen LogP contribution in [0, 0.1) is 0 Å². The number of aromatic nitrogens is 1. The molecular formula is C18H21N3O2. The number of amides is 1. The fourth-order valence-electron chi connectivity index (χ4n) is 2.79. The molecule has 2 aromatic rings. The van der Waals surface area contributed by atoms with Gasteiger partial charge in [-0.25, -0.2) is 0 Å². The molecule has 5 heteroatoms. The lowest BCUT2D eigenvalue weighted by Gasteiger charge is -2.36. The molecule has 1 aromatic heterocycles. The maximum atomic E-state index is 12.6. The summed E-state index contributed by atoms with van der Waals surface area (Å²) < 4.78 is 5.63. The summed E-state index contributed by atoms with van der Waals surface area (Å²) in [5.41, 5.74) is 1.07. The maximum absolute atomic E-state index is 12.6. The highest BCUT2D eigenvalue weighted by Gasteiger charge is 2.27. The number of nitrogens with zero attached hydrogens (tertiary/aromatic N) is 2. The third-order valence-electron chi connectivity index (χ3n) is 3.96. The van der Waals surface area contributed by atoms with Gasteiger partial charge >= 0.3 is 0 Å². The normalized spacial score (nSPS) is 17.7. The smallest absolute Gasteiger partial charge is 0.226 e. The minimum atomic E-state index is 0.0432. The Labute approximate surface area is 136 Å². The molecule has 0 aliphatic carbocycles. The fraction of sp³-hybridized carbons (Fsp3) is 0.333. The molecule has 2 heterocycles. The van der Waals surface area contributed by atoms with Crippen LogP contribution in [0.1, 0.15) is 18.0 Å². The Morgan fingerprint density at radius 3 is 2.91 bits per heavy atom. The number of nitrogens with one attached hydrogen (secondary N) is 1. The van der Waals surface area contributed by atoms with Gasteiger partial charge in [-0.15, -0.1) is 0 Å². The molecule has 1 aromatic carbocycles. The van der Waals surface area contributed by atoms with Crippen molar-refractivity contribution in [3.05, 3.63) is 60.4 Å². The second kappa shape index (κ2) is 7.74. The summed E-state index contributed by atoms with van der Waals surface area (Å²) in [6.07, 6.45) is 3.96. The molecule has 1 N–H and O–H groups in total. The minimum Gasteiger partial charge on any atom is -0.493 e. The van der Waals surface area contributed by atoms with Crippen LogP contribution in [-0.2, 0) is 4.79 Å². The van der Waals surface area contributed by atoms with E-state index in [1.54, 1.807) is 6.20 Å². The van der Waals surface area contributed by atoms with Crippen LogP contribution >= 0.6 is 0 Å². The summed E-state index contributed by atoms with van der Waals surface area (Å²) in [5.74, 6) is 0.917. The highest BCUT2D eigenvalue weighted by molar-refractivity contribution is 5.77. The van der Waals surface area contributed by atoms with Crippen LogP contribution in [0.15, 0.2) is 54.9 Å². The zero-order valence-corrected chi connectivity index (χ0v) is 13.0. The zero-order valence-electron chi connectivity index (χ0n) is 13.0. The van der Waals surface area contributed by atoms with Crippen molar-refractivity contribution in [2.45, 2.75) is 12.5 Å². The highest BCUT2D eigenvalue weighted by Crippen LogP contribution is 2.22. The van der Waals surface area contributed by atoms with Crippen molar-refractivity contribution in [2.24, 2.45) is 0 Å². The second-order valence-electron chi connectivity index (χ2n) is 5.50. The van der Waals surface area contributed by atoms with Gasteiger partial charge in [-0.1, -0.05) is 24.3 Å². The summed E-state index contributed by atoms with van der Waals surface area (Å²) in [6, 6.07) is 13.6. The molecule has 1 atom stereocenters. The predicted molar refractivity (Wildman–Crippen MR) is 88.1 cm³/mol. The molecule has 1 aliphatic rings. The summed E-state index contributed by atoms with van der Waals surface area (Å²) in [6.45, 7) is 2.69. The van der Waals surface area contributed by atoms with E-state index < -0.39 is 0 Å². The average Bonchev–Trinajstić information content (AvgIpc) is 2.63. The van der Waals surface area contributed by atoms with Gasteiger partial charge in [0.15, 0.2) is 0 Å². The van der Waals surface area contributed by atoms with Gasteiger partial charge in [-0.2, -0.15) is 0 Å². The first-order chi connectivity index (χ1) is 11.3. The molecule has 0 radical (unpaired) electrons. The van der Waals surface area contributed by atoms with Crippen molar-refractivity contribution < 1.29 is 9.53 Å². The van der Waals surface area contributed by atoms with Crippen LogP contribution in [0.4, 0.5) is 0 Å². The van der Waals surface area contributed by atoms with E-state index in [0.717, 1.165) is 24.4 Å². The van der Waals surface area contributed by atoms with E-state index in [9.17, 15) is 4.79 Å². The van der Waals surface area contributed by atoms with Crippen molar-refractivity contribution in [3.63, 3.8) is 0 Å². The van der Waals surface area contributed by atoms with Crippen LogP contribution in [0.3, 0.4) is 0 Å². The first-order valence-corrected chi connectivity index (χ1v) is 7.92. The number of benzene rings is 1. The van der Waals surface area contributed by atoms with Crippen molar-refractivity contribution in [3.8, 4) is 5.75 Å². The molecule has 1 fully saturated rings. The molecule has 1 aliphatic heterocycles. The van der Waals surface area contributed by atoms with Crippen molar-refractivity contribution >= 4 is 5.91 Å². The molecule has 0 bridgehead atoms. The van der Waals surface area contributed by atoms with Gasteiger partial charge in [-0.3, -0.25) is 9.78 Å². The number of carbonyl (C=O) groups excluding carboxylic acids is 1. The summed E-state index contributed by atoms with van der Waals surface area (Å²) >= 11 is 0. The van der Waals surface area contributed by atoms with Gasteiger partial charge < -0.3 is 15.0 Å². The van der Waals surface area contributed by atoms with Gasteiger partial charge in [0.25, 0.3) is 0 Å². The summed E-state index contributed by atoms with van der Waals surface area (Å²) in [5, 5.41) is 3.35. The van der Waals surface area contributed by atoms with Crippen LogP contribution in [0.2, 0.25) is 0 Å². The Bertz CT molecular complexity index is 619. The van der Waals surface area contributed by atoms with E-state index >= 15 is 0 Å². The Morgan fingerprint density at radius 1 is 1.26 bits per heavy atom. The standard InChI is InChI=1S/C18H21N3O2/c22-18(8-12-23-16-6-2-1-3-7-16)21-11-10-20-14-17(21)15-5-4-9-19-13-15/h1-7,9,13,17,20H,8,10-12,14H2. The molecule has 5 nitrogen and oxygen atoms in total. The van der Waals surface area contributed by atoms with E-state index in [4.69, 9.17) is 4.74 Å². The van der Waals surface area contributed by atoms with Gasteiger partial charge in [-0.05, 0) is 23.8 Å². The van der Waals surface area contributed by atoms with E-state index in [0.29, 0.717) is 19.6 Å². The van der Waals surface area contributed by atoms with Crippen molar-refractivity contribution in [1.29, 1.82) is 0 Å². The largest absolute Gasteiger partial charge is 0.493 e. The van der Waals surface area contributed by atoms with Crippen LogP contribution < -0.4 is 10.1 Å². The van der Waals surface area contributed by atoms with Crippen LogP contribution in [-0.4, -0.2) is 42.0 Å². The molecule has 120 valence electrons. The topological polar surface area (TPSA) is 54.5 Å². The van der Waals surface area contributed by atoms with E-state index in [1.165, 1.54) is 0 Å². The number of rotatable bonds is 5. The number of carbonyl (C=O) groups is 1. The monoisotopic (exact) mass is 311 g/mol. The number of hydrogen-bond acceptors (Lipinski definition) is 4. The first-order valence-electron chi connectivity index (χ1n) is 7.92. The zero-order chi connectivity index (χ0) is 15.9. The highest BCUT2D eigenvalue weighted by atomic mass is 16.5. The Kier molecular flexibility index (Phi) is 5.21. The van der Waals surface area contributed by atoms with Crippen molar-refractivity contribution in [2.75, 3.05) is 26.2 Å². The molecular weight excluding hydrogens is 290 g/mol. The Balaban J connectivity index is 1.58.